The number of methoxy groups -OCH3 is 1. The Morgan fingerprint density at radius 1 is 1.03 bits per heavy atom. The summed E-state index contributed by atoms with van der Waals surface area (Å²) in [5.41, 5.74) is 3.92. The molecular formula is C23H20N4O2. The molecule has 0 saturated carbocycles. The first-order valence-electron chi connectivity index (χ1n) is 9.31. The number of ether oxygens (including phenoxy) is 1. The van der Waals surface area contributed by atoms with Crippen molar-refractivity contribution < 1.29 is 9.53 Å². The molecule has 144 valence electrons. The maximum Gasteiger partial charge on any atom is 0.252 e. The summed E-state index contributed by atoms with van der Waals surface area (Å²) < 4.78 is 5.17. The lowest BCUT2D eigenvalue weighted by Gasteiger charge is -2.11. The minimum atomic E-state index is -0.129. The van der Waals surface area contributed by atoms with Gasteiger partial charge in [0.2, 0.25) is 0 Å². The molecular weight excluding hydrogens is 364 g/mol. The third-order valence-corrected chi connectivity index (χ3v) is 4.68. The minimum Gasteiger partial charge on any atom is -0.497 e. The SMILES string of the molecule is COc1ccc(CCNC(=O)c2cc(-c3cncnc3)nc3ccccc23)cc1. The number of carbonyl (C=O) groups is 1. The van der Waals surface area contributed by atoms with Crippen molar-refractivity contribution in [3.05, 3.63) is 84.4 Å². The van der Waals surface area contributed by atoms with Crippen LogP contribution in [0.1, 0.15) is 15.9 Å². The van der Waals surface area contributed by atoms with E-state index in [1.807, 2.05) is 48.5 Å². The summed E-state index contributed by atoms with van der Waals surface area (Å²) in [6, 6.07) is 17.3. The second-order valence-electron chi connectivity index (χ2n) is 6.55. The monoisotopic (exact) mass is 384 g/mol. The zero-order chi connectivity index (χ0) is 20.1. The number of fused-ring (bicyclic) bond motifs is 1. The van der Waals surface area contributed by atoms with E-state index in [1.165, 1.54) is 6.33 Å². The number of nitrogens with one attached hydrogen (secondary N) is 1. The molecule has 0 aliphatic heterocycles. The molecule has 0 fully saturated rings. The van der Waals surface area contributed by atoms with Crippen molar-refractivity contribution in [1.29, 1.82) is 0 Å². The average molecular weight is 384 g/mol. The first-order valence-corrected chi connectivity index (χ1v) is 9.31. The standard InChI is InChI=1S/C23H20N4O2/c1-29-18-8-6-16(7-9-18)10-11-26-23(28)20-12-22(17-13-24-15-25-14-17)27-21-5-3-2-4-19(20)21/h2-9,12-15H,10-11H2,1H3,(H,26,28). The average Bonchev–Trinajstić information content (AvgIpc) is 2.79. The van der Waals surface area contributed by atoms with Crippen LogP contribution in [0.2, 0.25) is 0 Å². The van der Waals surface area contributed by atoms with Crippen molar-refractivity contribution in [3.8, 4) is 17.0 Å². The van der Waals surface area contributed by atoms with Crippen molar-refractivity contribution in [2.75, 3.05) is 13.7 Å². The summed E-state index contributed by atoms with van der Waals surface area (Å²) in [5, 5.41) is 3.83. The number of rotatable bonds is 6. The van der Waals surface area contributed by atoms with Gasteiger partial charge >= 0.3 is 0 Å². The highest BCUT2D eigenvalue weighted by Gasteiger charge is 2.14. The third-order valence-electron chi connectivity index (χ3n) is 4.68. The first kappa shape index (κ1) is 18.6. The number of para-hydroxylation sites is 1. The summed E-state index contributed by atoms with van der Waals surface area (Å²) in [6.45, 7) is 0.533. The minimum absolute atomic E-state index is 0.129. The van der Waals surface area contributed by atoms with Crippen LogP contribution in [0.25, 0.3) is 22.2 Å². The van der Waals surface area contributed by atoms with Crippen molar-refractivity contribution in [2.24, 2.45) is 0 Å². The highest BCUT2D eigenvalue weighted by molar-refractivity contribution is 6.07. The zero-order valence-electron chi connectivity index (χ0n) is 16.0. The zero-order valence-corrected chi connectivity index (χ0v) is 16.0. The molecule has 1 amide bonds. The van der Waals surface area contributed by atoms with E-state index in [-0.39, 0.29) is 5.91 Å². The summed E-state index contributed by atoms with van der Waals surface area (Å²) in [7, 11) is 1.64. The van der Waals surface area contributed by atoms with Gasteiger partial charge in [0.05, 0.1) is 23.9 Å². The van der Waals surface area contributed by atoms with E-state index >= 15 is 0 Å². The van der Waals surface area contributed by atoms with Crippen LogP contribution in [-0.2, 0) is 6.42 Å². The van der Waals surface area contributed by atoms with Gasteiger partial charge in [0.1, 0.15) is 12.1 Å². The van der Waals surface area contributed by atoms with Crippen LogP contribution < -0.4 is 10.1 Å². The molecule has 29 heavy (non-hydrogen) atoms. The second kappa shape index (κ2) is 8.48. The molecule has 2 heterocycles. The highest BCUT2D eigenvalue weighted by atomic mass is 16.5. The Kier molecular flexibility index (Phi) is 5.42. The van der Waals surface area contributed by atoms with Gasteiger partial charge in [-0.2, -0.15) is 0 Å². The van der Waals surface area contributed by atoms with Gasteiger partial charge in [0, 0.05) is 29.9 Å². The molecule has 0 saturated heterocycles. The van der Waals surface area contributed by atoms with Crippen LogP contribution in [0.4, 0.5) is 0 Å². The van der Waals surface area contributed by atoms with Gasteiger partial charge < -0.3 is 10.1 Å². The van der Waals surface area contributed by atoms with E-state index in [0.717, 1.165) is 34.2 Å². The third kappa shape index (κ3) is 4.21. The van der Waals surface area contributed by atoms with E-state index in [1.54, 1.807) is 25.6 Å². The van der Waals surface area contributed by atoms with Crippen LogP contribution >= 0.6 is 0 Å². The molecule has 0 bridgehead atoms. The van der Waals surface area contributed by atoms with Gasteiger partial charge in [-0.05, 0) is 36.2 Å². The Bertz CT molecular complexity index is 1130. The molecule has 0 unspecified atom stereocenters. The van der Waals surface area contributed by atoms with Crippen molar-refractivity contribution in [1.82, 2.24) is 20.3 Å². The Hall–Kier alpha value is -3.80. The number of hydrogen-bond acceptors (Lipinski definition) is 5. The highest BCUT2D eigenvalue weighted by Crippen LogP contribution is 2.24. The molecule has 4 aromatic rings. The van der Waals surface area contributed by atoms with Crippen LogP contribution in [-0.4, -0.2) is 34.5 Å². The lowest BCUT2D eigenvalue weighted by Crippen LogP contribution is -2.26. The number of hydrogen-bond donors (Lipinski definition) is 1. The number of aromatic nitrogens is 3. The number of pyridine rings is 1. The molecule has 0 aliphatic carbocycles. The molecule has 0 radical (unpaired) electrons. The van der Waals surface area contributed by atoms with E-state index in [4.69, 9.17) is 4.74 Å². The second-order valence-corrected chi connectivity index (χ2v) is 6.55. The predicted octanol–water partition coefficient (Wildman–Crippen LogP) is 3.67. The summed E-state index contributed by atoms with van der Waals surface area (Å²) >= 11 is 0. The lowest BCUT2D eigenvalue weighted by molar-refractivity contribution is 0.0955. The molecule has 0 atom stereocenters. The predicted molar refractivity (Wildman–Crippen MR) is 112 cm³/mol. The molecule has 4 rings (SSSR count). The molecule has 1 N–H and O–H groups in total. The maximum absolute atomic E-state index is 12.9. The van der Waals surface area contributed by atoms with Gasteiger partial charge in [0.15, 0.2) is 0 Å². The number of carbonyl (C=O) groups excluding carboxylic acids is 1. The first-order chi connectivity index (χ1) is 14.2. The van der Waals surface area contributed by atoms with Gasteiger partial charge in [-0.1, -0.05) is 30.3 Å². The molecule has 0 spiro atoms. The van der Waals surface area contributed by atoms with Gasteiger partial charge in [0.25, 0.3) is 5.91 Å². The van der Waals surface area contributed by atoms with Crippen molar-refractivity contribution in [2.45, 2.75) is 6.42 Å². The molecule has 0 aliphatic rings. The fraction of sp³-hybridized carbons (Fsp3) is 0.130. The molecule has 6 nitrogen and oxygen atoms in total. The Morgan fingerprint density at radius 3 is 2.55 bits per heavy atom. The summed E-state index contributed by atoms with van der Waals surface area (Å²) in [5.74, 6) is 0.689. The van der Waals surface area contributed by atoms with Gasteiger partial charge in [-0.3, -0.25) is 4.79 Å². The largest absolute Gasteiger partial charge is 0.497 e. The molecule has 2 aromatic heterocycles. The lowest BCUT2D eigenvalue weighted by atomic mass is 10.0. The summed E-state index contributed by atoms with van der Waals surface area (Å²) in [6.07, 6.45) is 5.58. The van der Waals surface area contributed by atoms with E-state index < -0.39 is 0 Å². The Morgan fingerprint density at radius 2 is 1.79 bits per heavy atom. The quantitative estimate of drug-likeness (QED) is 0.549. The number of nitrogens with zero attached hydrogens (tertiary/aromatic N) is 3. The molecule has 2 aromatic carbocycles. The van der Waals surface area contributed by atoms with Gasteiger partial charge in [-0.25, -0.2) is 15.0 Å². The Labute approximate surface area is 168 Å². The van der Waals surface area contributed by atoms with Crippen molar-refractivity contribution in [3.63, 3.8) is 0 Å². The van der Waals surface area contributed by atoms with E-state index in [0.29, 0.717) is 17.8 Å². The molecule has 6 heteroatoms. The van der Waals surface area contributed by atoms with Crippen molar-refractivity contribution >= 4 is 16.8 Å². The fourth-order valence-corrected chi connectivity index (χ4v) is 3.15. The maximum atomic E-state index is 12.9. The fourth-order valence-electron chi connectivity index (χ4n) is 3.15. The Balaban J connectivity index is 1.56. The van der Waals surface area contributed by atoms with Gasteiger partial charge in [-0.15, -0.1) is 0 Å². The number of benzene rings is 2. The van der Waals surface area contributed by atoms with Crippen LogP contribution in [0.3, 0.4) is 0 Å². The number of amides is 1. The van der Waals surface area contributed by atoms with Crippen LogP contribution in [0.15, 0.2) is 73.3 Å². The van der Waals surface area contributed by atoms with Crippen LogP contribution in [0, 0.1) is 0 Å². The smallest absolute Gasteiger partial charge is 0.252 e. The summed E-state index contributed by atoms with van der Waals surface area (Å²) in [4.78, 5) is 25.7. The van der Waals surface area contributed by atoms with E-state index in [2.05, 4.69) is 20.3 Å². The van der Waals surface area contributed by atoms with E-state index in [9.17, 15) is 4.79 Å². The normalized spacial score (nSPS) is 10.7. The topological polar surface area (TPSA) is 77.0 Å². The van der Waals surface area contributed by atoms with Crippen LogP contribution in [0.5, 0.6) is 5.75 Å².